The van der Waals surface area contributed by atoms with Gasteiger partial charge in [0.15, 0.2) is 0 Å². The molecule has 0 rings (SSSR count). The van der Waals surface area contributed by atoms with Crippen molar-refractivity contribution in [1.82, 2.24) is 5.32 Å². The molecular weight excluding hydrogens is 214 g/mol. The normalized spacial score (nSPS) is 13.6. The molecule has 0 spiro atoms. The number of nitrogens with one attached hydrogen (secondary N) is 1. The van der Waals surface area contributed by atoms with Gasteiger partial charge in [0.25, 0.3) is 0 Å². The molecule has 0 aliphatic rings. The fraction of sp³-hybridized carbons (Fsp3) is 0.857. The van der Waals surface area contributed by atoms with E-state index in [-0.39, 0.29) is 23.0 Å². The number of rotatable bonds is 6. The Labute approximate surface area is 105 Å². The van der Waals surface area contributed by atoms with E-state index < -0.39 is 0 Å². The number of carbonyl (C=O) groups is 2. The van der Waals surface area contributed by atoms with Crippen LogP contribution in [0, 0.1) is 17.3 Å². The van der Waals surface area contributed by atoms with Crippen LogP contribution in [0.2, 0.25) is 0 Å². The second kappa shape index (κ2) is 6.77. The Balaban J connectivity index is 4.22. The highest BCUT2D eigenvalue weighted by Gasteiger charge is 2.33. The molecule has 0 saturated carbocycles. The third-order valence-electron chi connectivity index (χ3n) is 2.89. The lowest BCUT2D eigenvalue weighted by Crippen LogP contribution is -2.41. The lowest BCUT2D eigenvalue weighted by molar-refractivity contribution is -0.130. The summed E-state index contributed by atoms with van der Waals surface area (Å²) in [6.07, 6.45) is 1.28. The maximum atomic E-state index is 12.1. The summed E-state index contributed by atoms with van der Waals surface area (Å²) in [6.45, 7) is 12.6. The Morgan fingerprint density at radius 3 is 2.06 bits per heavy atom. The number of hydrogen-bond donors (Lipinski definition) is 1. The zero-order valence-electron chi connectivity index (χ0n) is 12.1. The average Bonchev–Trinajstić information content (AvgIpc) is 2.08. The Kier molecular flexibility index (Phi) is 6.43. The topological polar surface area (TPSA) is 46.2 Å². The van der Waals surface area contributed by atoms with E-state index >= 15 is 0 Å². The molecule has 1 amide bonds. The van der Waals surface area contributed by atoms with Crippen LogP contribution in [-0.4, -0.2) is 18.2 Å². The smallest absolute Gasteiger partial charge is 0.223 e. The molecule has 0 aliphatic carbocycles. The minimum Gasteiger partial charge on any atom is -0.356 e. The SMILES string of the molecule is CC(=O)CCCNC(=O)C(C(C)C)C(C)(C)C. The summed E-state index contributed by atoms with van der Waals surface area (Å²) in [5, 5.41) is 2.93. The van der Waals surface area contributed by atoms with Crippen LogP contribution in [0.25, 0.3) is 0 Å². The fourth-order valence-corrected chi connectivity index (χ4v) is 2.35. The first-order valence-corrected chi connectivity index (χ1v) is 6.43. The van der Waals surface area contributed by atoms with E-state index in [1.54, 1.807) is 6.92 Å². The molecule has 0 aromatic carbocycles. The lowest BCUT2D eigenvalue weighted by atomic mass is 9.74. The molecule has 1 atom stereocenters. The van der Waals surface area contributed by atoms with E-state index in [1.807, 2.05) is 0 Å². The zero-order chi connectivity index (χ0) is 13.6. The summed E-state index contributed by atoms with van der Waals surface area (Å²) in [4.78, 5) is 22.9. The van der Waals surface area contributed by atoms with Crippen molar-refractivity contribution in [3.8, 4) is 0 Å². The monoisotopic (exact) mass is 241 g/mol. The maximum Gasteiger partial charge on any atom is 0.223 e. The van der Waals surface area contributed by atoms with E-state index in [9.17, 15) is 9.59 Å². The third-order valence-corrected chi connectivity index (χ3v) is 2.89. The highest BCUT2D eigenvalue weighted by molar-refractivity contribution is 5.79. The molecule has 100 valence electrons. The van der Waals surface area contributed by atoms with Gasteiger partial charge in [0.2, 0.25) is 5.91 Å². The van der Waals surface area contributed by atoms with Gasteiger partial charge in [-0.2, -0.15) is 0 Å². The van der Waals surface area contributed by atoms with Crippen LogP contribution in [0.5, 0.6) is 0 Å². The van der Waals surface area contributed by atoms with Crippen LogP contribution in [0.1, 0.15) is 54.4 Å². The molecule has 1 N–H and O–H groups in total. The quantitative estimate of drug-likeness (QED) is 0.727. The van der Waals surface area contributed by atoms with Gasteiger partial charge in [0.1, 0.15) is 5.78 Å². The second-order valence-electron chi connectivity index (χ2n) is 6.18. The van der Waals surface area contributed by atoms with E-state index in [0.717, 1.165) is 6.42 Å². The molecule has 0 fully saturated rings. The predicted octanol–water partition coefficient (Wildman–Crippen LogP) is 2.79. The number of hydrogen-bond acceptors (Lipinski definition) is 2. The second-order valence-corrected chi connectivity index (χ2v) is 6.18. The first kappa shape index (κ1) is 16.1. The van der Waals surface area contributed by atoms with Crippen LogP contribution >= 0.6 is 0 Å². The summed E-state index contributed by atoms with van der Waals surface area (Å²) in [5.74, 6) is 0.620. The molecule has 3 heteroatoms. The van der Waals surface area contributed by atoms with Crippen molar-refractivity contribution < 1.29 is 9.59 Å². The highest BCUT2D eigenvalue weighted by Crippen LogP contribution is 2.32. The molecule has 0 bridgehead atoms. The van der Waals surface area contributed by atoms with Gasteiger partial charge in [-0.1, -0.05) is 34.6 Å². The van der Waals surface area contributed by atoms with Crippen molar-refractivity contribution >= 4 is 11.7 Å². The molecule has 1 unspecified atom stereocenters. The maximum absolute atomic E-state index is 12.1. The van der Waals surface area contributed by atoms with E-state index in [2.05, 4.69) is 39.9 Å². The van der Waals surface area contributed by atoms with Gasteiger partial charge in [-0.25, -0.2) is 0 Å². The molecule has 0 heterocycles. The van der Waals surface area contributed by atoms with Gasteiger partial charge in [-0.15, -0.1) is 0 Å². The Morgan fingerprint density at radius 1 is 1.18 bits per heavy atom. The summed E-state index contributed by atoms with van der Waals surface area (Å²) < 4.78 is 0. The average molecular weight is 241 g/mol. The van der Waals surface area contributed by atoms with Crippen LogP contribution in [0.15, 0.2) is 0 Å². The fourth-order valence-electron chi connectivity index (χ4n) is 2.35. The first-order chi connectivity index (χ1) is 7.66. The third kappa shape index (κ3) is 6.44. The summed E-state index contributed by atoms with van der Waals surface area (Å²) in [5.41, 5.74) is -0.0289. The first-order valence-electron chi connectivity index (χ1n) is 6.43. The van der Waals surface area contributed by atoms with Gasteiger partial charge in [0.05, 0.1) is 0 Å². The van der Waals surface area contributed by atoms with Gasteiger partial charge < -0.3 is 10.1 Å². The highest BCUT2D eigenvalue weighted by atomic mass is 16.2. The lowest BCUT2D eigenvalue weighted by Gasteiger charge is -2.32. The van der Waals surface area contributed by atoms with Gasteiger partial charge in [-0.3, -0.25) is 4.79 Å². The van der Waals surface area contributed by atoms with Crippen LogP contribution in [-0.2, 0) is 9.59 Å². The molecule has 0 saturated heterocycles. The van der Waals surface area contributed by atoms with Crippen molar-refractivity contribution in [3.63, 3.8) is 0 Å². The summed E-state index contributed by atoms with van der Waals surface area (Å²) in [6, 6.07) is 0. The van der Waals surface area contributed by atoms with Crippen molar-refractivity contribution in [2.75, 3.05) is 6.54 Å². The minimum absolute atomic E-state index is 0.0137. The molecule has 17 heavy (non-hydrogen) atoms. The Hall–Kier alpha value is -0.860. The predicted molar refractivity (Wildman–Crippen MR) is 70.7 cm³/mol. The van der Waals surface area contributed by atoms with Gasteiger partial charge in [0, 0.05) is 18.9 Å². The van der Waals surface area contributed by atoms with Crippen LogP contribution < -0.4 is 5.32 Å². The summed E-state index contributed by atoms with van der Waals surface area (Å²) in [7, 11) is 0. The zero-order valence-corrected chi connectivity index (χ0v) is 12.1. The van der Waals surface area contributed by atoms with Gasteiger partial charge >= 0.3 is 0 Å². The van der Waals surface area contributed by atoms with Crippen molar-refractivity contribution in [2.24, 2.45) is 17.3 Å². The molecule has 0 radical (unpaired) electrons. The standard InChI is InChI=1S/C14H27NO2/c1-10(2)12(14(4,5)6)13(17)15-9-7-8-11(3)16/h10,12H,7-9H2,1-6H3,(H,15,17). The molecule has 0 aromatic rings. The van der Waals surface area contributed by atoms with Crippen LogP contribution in [0.4, 0.5) is 0 Å². The number of ketones is 1. The van der Waals surface area contributed by atoms with Crippen LogP contribution in [0.3, 0.4) is 0 Å². The molecular formula is C14H27NO2. The van der Waals surface area contributed by atoms with E-state index in [4.69, 9.17) is 0 Å². The van der Waals surface area contributed by atoms with Crippen molar-refractivity contribution in [1.29, 1.82) is 0 Å². The Morgan fingerprint density at radius 2 is 1.71 bits per heavy atom. The molecule has 3 nitrogen and oxygen atoms in total. The van der Waals surface area contributed by atoms with Gasteiger partial charge in [-0.05, 0) is 24.7 Å². The minimum atomic E-state index is -0.0289. The Bertz CT molecular complexity index is 264. The number of amides is 1. The largest absolute Gasteiger partial charge is 0.356 e. The number of carbonyl (C=O) groups excluding carboxylic acids is 2. The van der Waals surface area contributed by atoms with E-state index in [0.29, 0.717) is 18.9 Å². The van der Waals surface area contributed by atoms with E-state index in [1.165, 1.54) is 0 Å². The molecule has 0 aliphatic heterocycles. The van der Waals surface area contributed by atoms with Crippen molar-refractivity contribution in [3.05, 3.63) is 0 Å². The van der Waals surface area contributed by atoms with Crippen molar-refractivity contribution in [2.45, 2.75) is 54.4 Å². The molecule has 0 aromatic heterocycles. The summed E-state index contributed by atoms with van der Waals surface area (Å²) >= 11 is 0. The number of Topliss-reactive ketones (excluding diaryl/α,β-unsaturated/α-hetero) is 1.